The Morgan fingerprint density at radius 2 is 2.11 bits per heavy atom. The quantitative estimate of drug-likeness (QED) is 0.445. The van der Waals surface area contributed by atoms with Crippen LogP contribution in [0, 0.1) is 11.3 Å². The average Bonchev–Trinajstić information content (AvgIpc) is 1.63. The van der Waals surface area contributed by atoms with Gasteiger partial charge in [-0.3, -0.25) is 0 Å². The summed E-state index contributed by atoms with van der Waals surface area (Å²) in [4.78, 5) is 17.7. The molecule has 0 bridgehead atoms. The molecule has 0 rings (SSSR count). The minimum absolute atomic E-state index is 0.403. The second-order valence-electron chi connectivity index (χ2n) is 2.23. The van der Waals surface area contributed by atoms with Gasteiger partial charge in [-0.1, -0.05) is 0 Å². The first-order valence-corrected chi connectivity index (χ1v) is 5.48. The highest BCUT2D eigenvalue weighted by atomic mass is 28.4. The van der Waals surface area contributed by atoms with Crippen molar-refractivity contribution < 1.29 is 9.59 Å². The Kier molecular flexibility index (Phi) is 3.46. The first kappa shape index (κ1) is 8.63. The second kappa shape index (κ2) is 3.61. The highest BCUT2D eigenvalue weighted by molar-refractivity contribution is 6.63. The topological polar surface area (TPSA) is 64.2 Å². The first-order valence-electron chi connectivity index (χ1n) is 2.88. The van der Waals surface area contributed by atoms with E-state index in [1.165, 1.54) is 6.55 Å². The lowest BCUT2D eigenvalue weighted by Gasteiger charge is -2.08. The molecule has 0 aromatic heterocycles. The van der Waals surface area contributed by atoms with E-state index in [1.54, 1.807) is 0 Å². The molecule has 0 atom stereocenters. The summed E-state index contributed by atoms with van der Waals surface area (Å²) in [5.41, 5.74) is 0. The normalized spacial score (nSPS) is 10.9. The molecule has 0 radical (unpaired) electrons. The molecule has 0 saturated heterocycles. The zero-order valence-electron chi connectivity index (χ0n) is 5.46. The zero-order chi connectivity index (χ0) is 7.33. The molecule has 3 nitrogen and oxygen atoms in total. The first-order chi connectivity index (χ1) is 4.06. The molecule has 2 N–H and O–H groups in total. The molecule has 0 aliphatic carbocycles. The number of nitriles is 1. The van der Waals surface area contributed by atoms with Crippen molar-refractivity contribution in [2.45, 2.75) is 25.4 Å². The van der Waals surface area contributed by atoms with Crippen LogP contribution in [0.3, 0.4) is 0 Å². The standard InChI is InChI=1S/C5H11NO2Si/c1-9(7,8)5-3-2-4-6/h7-8H,2-3,5H2,1H3. The number of nitrogens with zero attached hydrogens (tertiary/aromatic N) is 1. The Morgan fingerprint density at radius 1 is 1.56 bits per heavy atom. The smallest absolute Gasteiger partial charge is 0.329 e. The Morgan fingerprint density at radius 3 is 2.44 bits per heavy atom. The molecule has 0 aliphatic rings. The van der Waals surface area contributed by atoms with Gasteiger partial charge >= 0.3 is 8.56 Å². The Hall–Kier alpha value is -0.373. The van der Waals surface area contributed by atoms with Crippen LogP contribution in [0.4, 0.5) is 0 Å². The molecule has 0 aromatic rings. The molecule has 52 valence electrons. The van der Waals surface area contributed by atoms with Crippen molar-refractivity contribution in [2.75, 3.05) is 0 Å². The van der Waals surface area contributed by atoms with Gasteiger partial charge < -0.3 is 9.59 Å². The van der Waals surface area contributed by atoms with Gasteiger partial charge in [0.2, 0.25) is 0 Å². The summed E-state index contributed by atoms with van der Waals surface area (Å²) in [5.74, 6) is 0. The monoisotopic (exact) mass is 145 g/mol. The van der Waals surface area contributed by atoms with E-state index in [1.807, 2.05) is 6.07 Å². The molecule has 9 heavy (non-hydrogen) atoms. The van der Waals surface area contributed by atoms with Crippen molar-refractivity contribution in [3.63, 3.8) is 0 Å². The lowest BCUT2D eigenvalue weighted by molar-refractivity contribution is 0.368. The summed E-state index contributed by atoms with van der Waals surface area (Å²) in [6, 6.07) is 2.34. The van der Waals surface area contributed by atoms with Crippen molar-refractivity contribution >= 4 is 8.56 Å². The van der Waals surface area contributed by atoms with Gasteiger partial charge in [0, 0.05) is 6.42 Å². The van der Waals surface area contributed by atoms with Crippen LogP contribution in [0.15, 0.2) is 0 Å². The van der Waals surface area contributed by atoms with Gasteiger partial charge in [0.05, 0.1) is 6.07 Å². The maximum absolute atomic E-state index is 8.83. The summed E-state index contributed by atoms with van der Waals surface area (Å²) in [6.45, 7) is 1.45. The van der Waals surface area contributed by atoms with Gasteiger partial charge in [-0.2, -0.15) is 5.26 Å². The van der Waals surface area contributed by atoms with E-state index in [0.29, 0.717) is 18.9 Å². The summed E-state index contributed by atoms with van der Waals surface area (Å²) in [5, 5.41) is 8.07. The van der Waals surface area contributed by atoms with Gasteiger partial charge in [-0.25, -0.2) is 0 Å². The van der Waals surface area contributed by atoms with E-state index < -0.39 is 8.56 Å². The zero-order valence-corrected chi connectivity index (χ0v) is 6.46. The van der Waals surface area contributed by atoms with E-state index in [4.69, 9.17) is 14.9 Å². The Bertz CT molecular complexity index is 113. The van der Waals surface area contributed by atoms with Gasteiger partial charge in [0.15, 0.2) is 0 Å². The Balaban J connectivity index is 3.20. The molecule has 0 aromatic carbocycles. The molecular formula is C5H11NO2Si. The summed E-state index contributed by atoms with van der Waals surface area (Å²) in [6.07, 6.45) is 1.02. The van der Waals surface area contributed by atoms with Crippen molar-refractivity contribution in [3.05, 3.63) is 0 Å². The summed E-state index contributed by atoms with van der Waals surface area (Å²) < 4.78 is 0. The van der Waals surface area contributed by atoms with Gasteiger partial charge in [0.1, 0.15) is 0 Å². The van der Waals surface area contributed by atoms with Crippen molar-refractivity contribution in [2.24, 2.45) is 0 Å². The van der Waals surface area contributed by atoms with E-state index >= 15 is 0 Å². The van der Waals surface area contributed by atoms with Crippen LogP contribution in [0.25, 0.3) is 0 Å². The van der Waals surface area contributed by atoms with Crippen molar-refractivity contribution in [3.8, 4) is 6.07 Å². The summed E-state index contributed by atoms with van der Waals surface area (Å²) in [7, 11) is -2.85. The highest BCUT2D eigenvalue weighted by Crippen LogP contribution is 2.05. The summed E-state index contributed by atoms with van der Waals surface area (Å²) >= 11 is 0. The molecule has 0 saturated carbocycles. The number of rotatable bonds is 3. The van der Waals surface area contributed by atoms with Crippen LogP contribution in [0.5, 0.6) is 0 Å². The molecule has 0 heterocycles. The molecule has 0 unspecified atom stereocenters. The number of hydrogen-bond donors (Lipinski definition) is 2. The minimum atomic E-state index is -2.85. The third kappa shape index (κ3) is 7.63. The second-order valence-corrected chi connectivity index (χ2v) is 5.16. The molecular weight excluding hydrogens is 134 g/mol. The van der Waals surface area contributed by atoms with Crippen molar-refractivity contribution in [1.29, 1.82) is 5.26 Å². The largest absolute Gasteiger partial charge is 0.411 e. The predicted octanol–water partition coefficient (Wildman–Crippen LogP) is 0.347. The fraction of sp³-hybridized carbons (Fsp3) is 0.800. The third-order valence-corrected chi connectivity index (χ3v) is 2.24. The van der Waals surface area contributed by atoms with Crippen LogP contribution in [0.2, 0.25) is 12.6 Å². The van der Waals surface area contributed by atoms with E-state index in [2.05, 4.69) is 0 Å². The highest BCUT2D eigenvalue weighted by Gasteiger charge is 2.19. The van der Waals surface area contributed by atoms with E-state index in [9.17, 15) is 0 Å². The molecule has 4 heteroatoms. The van der Waals surface area contributed by atoms with E-state index in [-0.39, 0.29) is 0 Å². The number of hydrogen-bond acceptors (Lipinski definition) is 3. The predicted molar refractivity (Wildman–Crippen MR) is 35.7 cm³/mol. The van der Waals surface area contributed by atoms with Gasteiger partial charge in [-0.15, -0.1) is 0 Å². The lowest BCUT2D eigenvalue weighted by Crippen LogP contribution is -2.29. The number of unbranched alkanes of at least 4 members (excludes halogenated alkanes) is 1. The maximum atomic E-state index is 8.83. The van der Waals surface area contributed by atoms with Crippen LogP contribution >= 0.6 is 0 Å². The van der Waals surface area contributed by atoms with E-state index in [0.717, 1.165) is 0 Å². The van der Waals surface area contributed by atoms with Crippen LogP contribution in [-0.4, -0.2) is 18.2 Å². The van der Waals surface area contributed by atoms with Crippen LogP contribution in [0.1, 0.15) is 12.8 Å². The van der Waals surface area contributed by atoms with Gasteiger partial charge in [-0.05, 0) is 19.0 Å². The Labute approximate surface area is 55.8 Å². The minimum Gasteiger partial charge on any atom is -0.411 e. The fourth-order valence-electron chi connectivity index (χ4n) is 0.502. The molecule has 0 spiro atoms. The average molecular weight is 145 g/mol. The fourth-order valence-corrected chi connectivity index (χ4v) is 1.35. The third-order valence-electron chi connectivity index (χ3n) is 0.939. The molecule has 0 amide bonds. The maximum Gasteiger partial charge on any atom is 0.329 e. The van der Waals surface area contributed by atoms with Crippen LogP contribution < -0.4 is 0 Å². The van der Waals surface area contributed by atoms with Crippen molar-refractivity contribution in [1.82, 2.24) is 0 Å². The molecule has 0 aliphatic heterocycles. The lowest BCUT2D eigenvalue weighted by atomic mass is 10.4. The van der Waals surface area contributed by atoms with Crippen LogP contribution in [-0.2, 0) is 0 Å². The molecule has 0 fully saturated rings. The SMILES string of the molecule is C[Si](O)(O)CCCC#N. The van der Waals surface area contributed by atoms with Gasteiger partial charge in [0.25, 0.3) is 0 Å².